The normalized spacial score (nSPS) is 22.8. The first-order valence-electron chi connectivity index (χ1n) is 21.9. The number of rotatable bonds is 35. The molecule has 55 heavy (non-hydrogen) atoms. The van der Waals surface area contributed by atoms with Gasteiger partial charge in [-0.2, -0.15) is 0 Å². The van der Waals surface area contributed by atoms with Crippen LogP contribution in [0.25, 0.3) is 0 Å². The average molecular weight is 784 g/mol. The number of hydrogen-bond donors (Lipinski definition) is 8. The molecule has 1 amide bonds. The van der Waals surface area contributed by atoms with Crippen LogP contribution in [0.4, 0.5) is 0 Å². The van der Waals surface area contributed by atoms with Crippen molar-refractivity contribution < 1.29 is 50.0 Å². The van der Waals surface area contributed by atoms with E-state index in [0.29, 0.717) is 12.8 Å². The molecule has 1 fully saturated rings. The van der Waals surface area contributed by atoms with Crippen LogP contribution < -0.4 is 5.32 Å². The van der Waals surface area contributed by atoms with Crippen molar-refractivity contribution in [3.63, 3.8) is 0 Å². The van der Waals surface area contributed by atoms with E-state index < -0.39 is 74.2 Å². The number of aliphatic hydroxyl groups excluding tert-OH is 7. The van der Waals surface area contributed by atoms with Crippen molar-refractivity contribution in [3.8, 4) is 0 Å². The van der Waals surface area contributed by atoms with Gasteiger partial charge in [0, 0.05) is 0 Å². The summed E-state index contributed by atoms with van der Waals surface area (Å²) >= 11 is 0. The molecular formula is C44H81NO10. The molecule has 1 aliphatic rings. The maximum absolute atomic E-state index is 13.0. The SMILES string of the molecule is CC/C=C\C/C=C\CCCCCCCCCCCCCCCC(O)C(=O)NC(COC1OC(CO)C(O)C(O)C1O)C(O)C(O)CCC/C=C/CCCCC. The number of nitrogens with one attached hydrogen (secondary N) is 1. The van der Waals surface area contributed by atoms with Crippen molar-refractivity contribution in [1.29, 1.82) is 0 Å². The lowest BCUT2D eigenvalue weighted by Crippen LogP contribution is -2.60. The van der Waals surface area contributed by atoms with Gasteiger partial charge >= 0.3 is 0 Å². The Labute approximate surface area is 333 Å². The number of carbonyl (C=O) groups is 1. The standard InChI is InChI=1S/C44H81NO10/c1-3-5-7-9-11-13-14-15-16-17-18-19-20-21-22-23-24-26-28-30-32-37(48)43(53)45-35(34-54-44-42(52)41(51)40(50)38(33-46)55-44)39(49)36(47)31-29-27-25-12-10-8-6-4-2/h5,7,11-13,25,35-42,44,46-52H,3-4,6,8-10,14-24,26-34H2,1-2H3,(H,45,53)/b7-5-,13-11-,25-12+. The summed E-state index contributed by atoms with van der Waals surface area (Å²) < 4.78 is 11.0. The zero-order valence-electron chi connectivity index (χ0n) is 34.4. The van der Waals surface area contributed by atoms with Crippen LogP contribution in [0.2, 0.25) is 0 Å². The van der Waals surface area contributed by atoms with E-state index in [-0.39, 0.29) is 12.8 Å². The van der Waals surface area contributed by atoms with Gasteiger partial charge in [0.2, 0.25) is 5.91 Å². The Balaban J connectivity index is 2.39. The van der Waals surface area contributed by atoms with Crippen LogP contribution in [0.15, 0.2) is 36.5 Å². The highest BCUT2D eigenvalue weighted by Gasteiger charge is 2.44. The fourth-order valence-corrected chi connectivity index (χ4v) is 6.77. The summed E-state index contributed by atoms with van der Waals surface area (Å²) in [5, 5.41) is 75.2. The van der Waals surface area contributed by atoms with Crippen molar-refractivity contribution in [1.82, 2.24) is 5.32 Å². The predicted molar refractivity (Wildman–Crippen MR) is 219 cm³/mol. The van der Waals surface area contributed by atoms with Crippen molar-refractivity contribution >= 4 is 5.91 Å². The van der Waals surface area contributed by atoms with Crippen LogP contribution >= 0.6 is 0 Å². The number of carbonyl (C=O) groups excluding carboxylic acids is 1. The Hall–Kier alpha value is -1.67. The fourth-order valence-electron chi connectivity index (χ4n) is 6.77. The minimum atomic E-state index is -1.66. The van der Waals surface area contributed by atoms with E-state index in [1.165, 1.54) is 70.6 Å². The van der Waals surface area contributed by atoms with Gasteiger partial charge in [-0.25, -0.2) is 0 Å². The molecule has 0 aromatic rings. The molecule has 0 bridgehead atoms. The average Bonchev–Trinajstić information content (AvgIpc) is 3.18. The number of amides is 1. The summed E-state index contributed by atoms with van der Waals surface area (Å²) in [5.41, 5.74) is 0. The lowest BCUT2D eigenvalue weighted by Gasteiger charge is -2.40. The summed E-state index contributed by atoms with van der Waals surface area (Å²) in [7, 11) is 0. The summed E-state index contributed by atoms with van der Waals surface area (Å²) in [6.07, 6.45) is 26.6. The smallest absolute Gasteiger partial charge is 0.249 e. The van der Waals surface area contributed by atoms with Gasteiger partial charge in [-0.05, 0) is 64.2 Å². The Bertz CT molecular complexity index is 992. The van der Waals surface area contributed by atoms with Crippen LogP contribution in [-0.2, 0) is 14.3 Å². The minimum absolute atomic E-state index is 0.252. The number of unbranched alkanes of at least 4 members (excludes halogenated alkanes) is 17. The van der Waals surface area contributed by atoms with Gasteiger partial charge in [-0.1, -0.05) is 140 Å². The first-order chi connectivity index (χ1) is 26.7. The summed E-state index contributed by atoms with van der Waals surface area (Å²) in [6, 6.07) is -1.18. The topological polar surface area (TPSA) is 189 Å². The van der Waals surface area contributed by atoms with Gasteiger partial charge in [0.15, 0.2) is 6.29 Å². The van der Waals surface area contributed by atoms with E-state index in [4.69, 9.17) is 9.47 Å². The van der Waals surface area contributed by atoms with Gasteiger partial charge < -0.3 is 50.5 Å². The molecule has 322 valence electrons. The Morgan fingerprint density at radius 2 is 1.18 bits per heavy atom. The van der Waals surface area contributed by atoms with Crippen LogP contribution in [0, 0.1) is 0 Å². The number of allylic oxidation sites excluding steroid dienone is 6. The molecule has 9 unspecified atom stereocenters. The summed E-state index contributed by atoms with van der Waals surface area (Å²) in [5.74, 6) is -0.712. The zero-order chi connectivity index (χ0) is 40.5. The minimum Gasteiger partial charge on any atom is -0.394 e. The molecule has 1 rings (SSSR count). The van der Waals surface area contributed by atoms with E-state index in [1.807, 2.05) is 0 Å². The molecule has 0 aromatic heterocycles. The quantitative estimate of drug-likeness (QED) is 0.0262. The molecule has 11 nitrogen and oxygen atoms in total. The van der Waals surface area contributed by atoms with Crippen LogP contribution in [0.3, 0.4) is 0 Å². The number of hydrogen-bond acceptors (Lipinski definition) is 10. The Morgan fingerprint density at radius 3 is 1.76 bits per heavy atom. The molecule has 0 aromatic carbocycles. The van der Waals surface area contributed by atoms with E-state index in [9.17, 15) is 40.5 Å². The van der Waals surface area contributed by atoms with E-state index >= 15 is 0 Å². The highest BCUT2D eigenvalue weighted by molar-refractivity contribution is 5.80. The van der Waals surface area contributed by atoms with Crippen LogP contribution in [0.5, 0.6) is 0 Å². The zero-order valence-corrected chi connectivity index (χ0v) is 34.4. The van der Waals surface area contributed by atoms with E-state index in [1.54, 1.807) is 0 Å². The van der Waals surface area contributed by atoms with Crippen molar-refractivity contribution in [2.45, 2.75) is 223 Å². The third kappa shape index (κ3) is 24.7. The Morgan fingerprint density at radius 1 is 0.655 bits per heavy atom. The predicted octanol–water partition coefficient (Wildman–Crippen LogP) is 6.44. The second-order valence-electron chi connectivity index (χ2n) is 15.4. The third-order valence-corrected chi connectivity index (χ3v) is 10.4. The van der Waals surface area contributed by atoms with Crippen molar-refractivity contribution in [2.75, 3.05) is 13.2 Å². The molecule has 9 atom stereocenters. The van der Waals surface area contributed by atoms with Crippen LogP contribution in [0.1, 0.15) is 168 Å². The molecule has 11 heteroatoms. The lowest BCUT2D eigenvalue weighted by molar-refractivity contribution is -0.303. The third-order valence-electron chi connectivity index (χ3n) is 10.4. The summed E-state index contributed by atoms with van der Waals surface area (Å²) in [6.45, 7) is 3.24. The fraction of sp³-hybridized carbons (Fsp3) is 0.841. The van der Waals surface area contributed by atoms with Crippen molar-refractivity contribution in [2.24, 2.45) is 0 Å². The van der Waals surface area contributed by atoms with E-state index in [0.717, 1.165) is 57.8 Å². The highest BCUT2D eigenvalue weighted by atomic mass is 16.7. The van der Waals surface area contributed by atoms with Gasteiger partial charge in [0.25, 0.3) is 0 Å². The maximum atomic E-state index is 13.0. The molecule has 0 saturated carbocycles. The van der Waals surface area contributed by atoms with Gasteiger partial charge in [-0.15, -0.1) is 0 Å². The monoisotopic (exact) mass is 784 g/mol. The highest BCUT2D eigenvalue weighted by Crippen LogP contribution is 2.23. The first-order valence-corrected chi connectivity index (χ1v) is 21.9. The number of aliphatic hydroxyl groups is 7. The van der Waals surface area contributed by atoms with Gasteiger partial charge in [0.05, 0.1) is 25.4 Å². The molecule has 1 heterocycles. The first kappa shape index (κ1) is 51.3. The molecule has 8 N–H and O–H groups in total. The van der Waals surface area contributed by atoms with Gasteiger partial charge in [0.1, 0.15) is 36.6 Å². The van der Waals surface area contributed by atoms with E-state index in [2.05, 4.69) is 55.6 Å². The molecule has 0 aliphatic carbocycles. The summed E-state index contributed by atoms with van der Waals surface area (Å²) in [4.78, 5) is 13.0. The maximum Gasteiger partial charge on any atom is 0.249 e. The largest absolute Gasteiger partial charge is 0.394 e. The van der Waals surface area contributed by atoms with Crippen molar-refractivity contribution in [3.05, 3.63) is 36.5 Å². The van der Waals surface area contributed by atoms with Gasteiger partial charge in [-0.3, -0.25) is 4.79 Å². The molecule has 0 radical (unpaired) electrons. The lowest BCUT2D eigenvalue weighted by atomic mass is 9.98. The molecule has 1 saturated heterocycles. The second-order valence-corrected chi connectivity index (χ2v) is 15.4. The Kier molecular flexibility index (Phi) is 32.1. The number of ether oxygens (including phenoxy) is 2. The second kappa shape index (κ2) is 34.4. The van der Waals surface area contributed by atoms with Crippen LogP contribution in [-0.4, -0.2) is 110 Å². The molecule has 0 spiro atoms. The molecule has 1 aliphatic heterocycles. The molecular weight excluding hydrogens is 702 g/mol.